The highest BCUT2D eigenvalue weighted by Gasteiger charge is 2.07. The topological polar surface area (TPSA) is 50.1 Å². The first kappa shape index (κ1) is 10.3. The highest BCUT2D eigenvalue weighted by atomic mass is 16.5. The normalized spacial score (nSPS) is 9.21. The van der Waals surface area contributed by atoms with Crippen molar-refractivity contribution in [2.24, 2.45) is 0 Å². The van der Waals surface area contributed by atoms with Gasteiger partial charge < -0.3 is 4.74 Å². The molecule has 0 aromatic heterocycles. The first-order chi connectivity index (χ1) is 6.72. The van der Waals surface area contributed by atoms with Gasteiger partial charge in [0.1, 0.15) is 5.75 Å². The van der Waals surface area contributed by atoms with E-state index in [0.29, 0.717) is 11.3 Å². The fourth-order valence-electron chi connectivity index (χ4n) is 1.35. The van der Waals surface area contributed by atoms with Gasteiger partial charge in [0.25, 0.3) is 0 Å². The number of aldehydes is 1. The molecule has 0 N–H and O–H groups in total. The zero-order chi connectivity index (χ0) is 10.6. The Balaban J connectivity index is 3.29. The Morgan fingerprint density at radius 1 is 1.57 bits per heavy atom. The number of hydrogen-bond donors (Lipinski definition) is 0. The van der Waals surface area contributed by atoms with Crippen molar-refractivity contribution in [3.8, 4) is 11.8 Å². The lowest BCUT2D eigenvalue weighted by Gasteiger charge is -2.07. The van der Waals surface area contributed by atoms with Crippen molar-refractivity contribution in [1.82, 2.24) is 0 Å². The predicted molar refractivity (Wildman–Crippen MR) is 52.4 cm³/mol. The van der Waals surface area contributed by atoms with E-state index in [0.717, 1.165) is 17.4 Å². The van der Waals surface area contributed by atoms with Gasteiger partial charge in [-0.25, -0.2) is 0 Å². The Hall–Kier alpha value is -1.82. The number of rotatable bonds is 3. The van der Waals surface area contributed by atoms with Crippen LogP contribution in [0.15, 0.2) is 12.1 Å². The van der Waals surface area contributed by atoms with Gasteiger partial charge in [-0.15, -0.1) is 0 Å². The van der Waals surface area contributed by atoms with Gasteiger partial charge in [-0.05, 0) is 30.2 Å². The second-order valence-corrected chi connectivity index (χ2v) is 2.97. The van der Waals surface area contributed by atoms with Crippen LogP contribution in [0.2, 0.25) is 0 Å². The lowest BCUT2D eigenvalue weighted by Crippen LogP contribution is -1.97. The number of benzene rings is 1. The van der Waals surface area contributed by atoms with Crippen molar-refractivity contribution in [2.75, 3.05) is 7.11 Å². The molecule has 0 aliphatic carbocycles. The van der Waals surface area contributed by atoms with E-state index in [-0.39, 0.29) is 6.42 Å². The molecule has 72 valence electrons. The van der Waals surface area contributed by atoms with E-state index < -0.39 is 0 Å². The maximum atomic E-state index is 10.8. The number of carbonyl (C=O) groups is 1. The fourth-order valence-corrected chi connectivity index (χ4v) is 1.35. The first-order valence-corrected chi connectivity index (χ1v) is 4.22. The van der Waals surface area contributed by atoms with Gasteiger partial charge in [-0.2, -0.15) is 5.26 Å². The molecule has 3 nitrogen and oxygen atoms in total. The van der Waals surface area contributed by atoms with Crippen LogP contribution in [0.3, 0.4) is 0 Å². The Morgan fingerprint density at radius 2 is 2.29 bits per heavy atom. The van der Waals surface area contributed by atoms with Crippen LogP contribution < -0.4 is 4.74 Å². The smallest absolute Gasteiger partial charge is 0.150 e. The average molecular weight is 189 g/mol. The summed E-state index contributed by atoms with van der Waals surface area (Å²) in [7, 11) is 1.56. The van der Waals surface area contributed by atoms with E-state index in [1.54, 1.807) is 19.2 Å². The zero-order valence-electron chi connectivity index (χ0n) is 8.20. The molecule has 0 saturated heterocycles. The summed E-state index contributed by atoms with van der Waals surface area (Å²) in [6, 6.07) is 5.53. The molecule has 0 heterocycles. The summed E-state index contributed by atoms with van der Waals surface area (Å²) in [6.45, 7) is 1.83. The molecule has 0 saturated carbocycles. The van der Waals surface area contributed by atoms with Crippen molar-refractivity contribution in [3.63, 3.8) is 0 Å². The molecule has 0 bridgehead atoms. The summed E-state index contributed by atoms with van der Waals surface area (Å²) in [5.41, 5.74) is 2.15. The lowest BCUT2D eigenvalue weighted by molar-refractivity contribution is 0.112. The average Bonchev–Trinajstić information content (AvgIpc) is 2.18. The van der Waals surface area contributed by atoms with Gasteiger partial charge in [-0.1, -0.05) is 0 Å². The van der Waals surface area contributed by atoms with Crippen LogP contribution in [0.1, 0.15) is 21.5 Å². The SMILES string of the molecule is COc1cc(C)c(C=O)c(CC#N)c1. The van der Waals surface area contributed by atoms with Gasteiger partial charge in [-0.3, -0.25) is 4.79 Å². The number of hydrogen-bond acceptors (Lipinski definition) is 3. The van der Waals surface area contributed by atoms with Gasteiger partial charge in [0.2, 0.25) is 0 Å². The molecule has 0 spiro atoms. The van der Waals surface area contributed by atoms with E-state index in [2.05, 4.69) is 0 Å². The van der Waals surface area contributed by atoms with Gasteiger partial charge in [0, 0.05) is 5.56 Å². The minimum Gasteiger partial charge on any atom is -0.497 e. The van der Waals surface area contributed by atoms with E-state index >= 15 is 0 Å². The Bertz CT molecular complexity index is 391. The van der Waals surface area contributed by atoms with Crippen molar-refractivity contribution >= 4 is 6.29 Å². The molecule has 14 heavy (non-hydrogen) atoms. The molecule has 0 fully saturated rings. The van der Waals surface area contributed by atoms with Crippen LogP contribution in [0.5, 0.6) is 5.75 Å². The van der Waals surface area contributed by atoms with E-state index in [9.17, 15) is 4.79 Å². The summed E-state index contributed by atoms with van der Waals surface area (Å²) in [4.78, 5) is 10.8. The minimum absolute atomic E-state index is 0.228. The van der Waals surface area contributed by atoms with Gasteiger partial charge in [0.15, 0.2) is 6.29 Å². The van der Waals surface area contributed by atoms with E-state index in [1.165, 1.54) is 0 Å². The van der Waals surface area contributed by atoms with E-state index in [1.807, 2.05) is 13.0 Å². The first-order valence-electron chi connectivity index (χ1n) is 4.22. The monoisotopic (exact) mass is 189 g/mol. The summed E-state index contributed by atoms with van der Waals surface area (Å²) >= 11 is 0. The number of ether oxygens (including phenoxy) is 1. The Kier molecular flexibility index (Phi) is 3.24. The lowest BCUT2D eigenvalue weighted by atomic mass is 10.0. The molecule has 1 aromatic rings. The van der Waals surface area contributed by atoms with Crippen molar-refractivity contribution in [2.45, 2.75) is 13.3 Å². The molecule has 0 amide bonds. The minimum atomic E-state index is 0.228. The van der Waals surface area contributed by atoms with Crippen LogP contribution in [0.4, 0.5) is 0 Å². The summed E-state index contributed by atoms with van der Waals surface area (Å²) in [5, 5.41) is 8.59. The largest absolute Gasteiger partial charge is 0.497 e. The van der Waals surface area contributed by atoms with Crippen LogP contribution in [0.25, 0.3) is 0 Å². The van der Waals surface area contributed by atoms with Crippen molar-refractivity contribution in [1.29, 1.82) is 5.26 Å². The number of nitrogens with zero attached hydrogens (tertiary/aromatic N) is 1. The highest BCUT2D eigenvalue weighted by molar-refractivity contribution is 5.80. The predicted octanol–water partition coefficient (Wildman–Crippen LogP) is 1.88. The number of aryl methyl sites for hydroxylation is 1. The second kappa shape index (κ2) is 4.43. The van der Waals surface area contributed by atoms with E-state index in [4.69, 9.17) is 10.00 Å². The standard InChI is InChI=1S/C11H11NO2/c1-8-5-10(14-2)6-9(3-4-12)11(8)7-13/h5-7H,3H2,1-2H3. The number of nitriles is 1. The summed E-state index contributed by atoms with van der Waals surface area (Å²) in [6.07, 6.45) is 1.01. The molecule has 0 aliphatic heterocycles. The quantitative estimate of drug-likeness (QED) is 0.682. The zero-order valence-corrected chi connectivity index (χ0v) is 8.20. The molecule has 1 aromatic carbocycles. The molecule has 0 atom stereocenters. The maximum Gasteiger partial charge on any atom is 0.150 e. The third-order valence-electron chi connectivity index (χ3n) is 2.07. The molecular formula is C11H11NO2. The third-order valence-corrected chi connectivity index (χ3v) is 2.07. The van der Waals surface area contributed by atoms with Gasteiger partial charge in [0.05, 0.1) is 19.6 Å². The van der Waals surface area contributed by atoms with Gasteiger partial charge >= 0.3 is 0 Å². The molecular weight excluding hydrogens is 178 g/mol. The summed E-state index contributed by atoms with van der Waals surface area (Å²) in [5.74, 6) is 0.679. The molecule has 0 unspecified atom stereocenters. The number of methoxy groups -OCH3 is 1. The second-order valence-electron chi connectivity index (χ2n) is 2.97. The van der Waals surface area contributed by atoms with Crippen LogP contribution in [-0.2, 0) is 6.42 Å². The third kappa shape index (κ3) is 1.91. The maximum absolute atomic E-state index is 10.8. The van der Waals surface area contributed by atoms with Crippen LogP contribution >= 0.6 is 0 Å². The fraction of sp³-hybridized carbons (Fsp3) is 0.273. The molecule has 1 rings (SSSR count). The Morgan fingerprint density at radius 3 is 2.79 bits per heavy atom. The van der Waals surface area contributed by atoms with Crippen LogP contribution in [0, 0.1) is 18.3 Å². The Labute approximate surface area is 82.9 Å². The molecule has 0 radical (unpaired) electrons. The molecule has 3 heteroatoms. The van der Waals surface area contributed by atoms with Crippen molar-refractivity contribution < 1.29 is 9.53 Å². The molecule has 0 aliphatic rings. The number of carbonyl (C=O) groups excluding carboxylic acids is 1. The van der Waals surface area contributed by atoms with Crippen LogP contribution in [-0.4, -0.2) is 13.4 Å². The summed E-state index contributed by atoms with van der Waals surface area (Å²) < 4.78 is 5.06. The highest BCUT2D eigenvalue weighted by Crippen LogP contribution is 2.21. The van der Waals surface area contributed by atoms with Crippen molar-refractivity contribution in [3.05, 3.63) is 28.8 Å².